The van der Waals surface area contributed by atoms with Crippen molar-refractivity contribution in [2.75, 3.05) is 76.5 Å². The summed E-state index contributed by atoms with van der Waals surface area (Å²) in [6.07, 6.45) is -4.50. The van der Waals surface area contributed by atoms with E-state index in [4.69, 9.17) is 25.2 Å². The third-order valence-electron chi connectivity index (χ3n) is 7.19. The SMILES string of the molecule is Cc1ccc(N=C(N)c2cc(CN(C)C)cc(C(F)(F)F)c2)cc1-c1cc(N2CCOCC2)nc(N2CCOCC2)n1. The van der Waals surface area contributed by atoms with E-state index in [1.54, 1.807) is 31.1 Å². The van der Waals surface area contributed by atoms with Gasteiger partial charge in [-0.2, -0.15) is 18.2 Å². The van der Waals surface area contributed by atoms with Crippen LogP contribution in [-0.2, 0) is 22.2 Å². The van der Waals surface area contributed by atoms with Crippen LogP contribution < -0.4 is 15.5 Å². The van der Waals surface area contributed by atoms with Crippen LogP contribution in [0.5, 0.6) is 0 Å². The van der Waals surface area contributed by atoms with Crippen molar-refractivity contribution < 1.29 is 22.6 Å². The van der Waals surface area contributed by atoms with Gasteiger partial charge in [0.2, 0.25) is 5.95 Å². The van der Waals surface area contributed by atoms with Crippen LogP contribution in [-0.4, -0.2) is 87.4 Å². The normalized spacial score (nSPS) is 16.8. The number of benzene rings is 2. The third-order valence-corrected chi connectivity index (χ3v) is 7.19. The van der Waals surface area contributed by atoms with Crippen LogP contribution in [0.25, 0.3) is 11.3 Å². The van der Waals surface area contributed by atoms with Gasteiger partial charge in [-0.25, -0.2) is 9.98 Å². The van der Waals surface area contributed by atoms with Gasteiger partial charge in [-0.15, -0.1) is 0 Å². The van der Waals surface area contributed by atoms with Gasteiger partial charge in [0.1, 0.15) is 11.7 Å². The zero-order valence-electron chi connectivity index (χ0n) is 24.1. The minimum Gasteiger partial charge on any atom is -0.383 e. The Balaban J connectivity index is 1.53. The van der Waals surface area contributed by atoms with Crippen molar-refractivity contribution in [3.05, 3.63) is 64.7 Å². The number of halogens is 3. The number of anilines is 2. The van der Waals surface area contributed by atoms with E-state index in [1.807, 2.05) is 25.1 Å². The zero-order chi connectivity index (χ0) is 29.9. The number of aromatic nitrogens is 2. The third kappa shape index (κ3) is 7.18. The van der Waals surface area contributed by atoms with E-state index in [1.165, 1.54) is 0 Å². The number of nitrogens with two attached hydrogens (primary N) is 1. The Morgan fingerprint density at radius 1 is 0.929 bits per heavy atom. The van der Waals surface area contributed by atoms with Crippen LogP contribution in [0.4, 0.5) is 30.6 Å². The van der Waals surface area contributed by atoms with Crippen LogP contribution in [0.15, 0.2) is 47.5 Å². The average molecular weight is 584 g/mol. The average Bonchev–Trinajstić information content (AvgIpc) is 2.98. The smallest absolute Gasteiger partial charge is 0.383 e. The maximum atomic E-state index is 13.7. The lowest BCUT2D eigenvalue weighted by atomic mass is 10.0. The standard InChI is InChI=1S/C30H36F3N7O2/c1-20-4-5-24(35-28(34)22-14-21(19-38(2)3)15-23(16-22)30(31,32)33)17-25(20)26-18-27(39-6-10-41-11-7-39)37-29(36-26)40-8-12-42-13-9-40/h4-5,14-18H,6-13,19H2,1-3H3,(H2,34,35). The molecule has 2 N–H and O–H groups in total. The molecule has 0 bridgehead atoms. The lowest BCUT2D eigenvalue weighted by Crippen LogP contribution is -2.39. The summed E-state index contributed by atoms with van der Waals surface area (Å²) in [4.78, 5) is 20.5. The quantitative estimate of drug-likeness (QED) is 0.326. The number of aliphatic imine (C=N–C) groups is 1. The molecule has 2 aromatic carbocycles. The Morgan fingerprint density at radius 2 is 1.60 bits per heavy atom. The molecule has 3 aromatic rings. The molecule has 224 valence electrons. The van der Waals surface area contributed by atoms with E-state index in [2.05, 4.69) is 14.8 Å². The molecular weight excluding hydrogens is 547 g/mol. The second-order valence-electron chi connectivity index (χ2n) is 10.8. The molecular formula is C30H36F3N7O2. The molecule has 0 saturated carbocycles. The Bertz CT molecular complexity index is 1400. The number of aryl methyl sites for hydroxylation is 1. The van der Waals surface area contributed by atoms with Gasteiger partial charge in [-0.3, -0.25) is 0 Å². The summed E-state index contributed by atoms with van der Waals surface area (Å²) in [6.45, 7) is 7.63. The maximum absolute atomic E-state index is 13.7. The van der Waals surface area contributed by atoms with Crippen molar-refractivity contribution >= 4 is 23.3 Å². The van der Waals surface area contributed by atoms with Crippen LogP contribution in [0, 0.1) is 6.92 Å². The molecule has 12 heteroatoms. The van der Waals surface area contributed by atoms with Crippen molar-refractivity contribution in [1.82, 2.24) is 14.9 Å². The molecule has 0 spiro atoms. The molecule has 5 rings (SSSR count). The Labute approximate surface area is 243 Å². The van der Waals surface area contributed by atoms with E-state index >= 15 is 0 Å². The van der Waals surface area contributed by atoms with Gasteiger partial charge in [0, 0.05) is 49.9 Å². The highest BCUT2D eigenvalue weighted by molar-refractivity contribution is 5.99. The Hall–Kier alpha value is -3.74. The number of alkyl halides is 3. The zero-order valence-corrected chi connectivity index (χ0v) is 24.1. The first kappa shape index (κ1) is 29.7. The number of morpholine rings is 2. The van der Waals surface area contributed by atoms with Crippen molar-refractivity contribution in [3.63, 3.8) is 0 Å². The van der Waals surface area contributed by atoms with Gasteiger partial charge in [-0.05, 0) is 62.5 Å². The van der Waals surface area contributed by atoms with Crippen LogP contribution in [0.2, 0.25) is 0 Å². The topological polar surface area (TPSA) is 92.3 Å². The lowest BCUT2D eigenvalue weighted by Gasteiger charge is -2.31. The fourth-order valence-corrected chi connectivity index (χ4v) is 5.04. The highest BCUT2D eigenvalue weighted by atomic mass is 19.4. The van der Waals surface area contributed by atoms with Crippen molar-refractivity contribution in [2.24, 2.45) is 10.7 Å². The number of nitrogens with zero attached hydrogens (tertiary/aromatic N) is 6. The van der Waals surface area contributed by atoms with E-state index in [0.29, 0.717) is 63.3 Å². The second kappa shape index (κ2) is 12.6. The first-order valence-corrected chi connectivity index (χ1v) is 13.9. The van der Waals surface area contributed by atoms with Crippen LogP contribution in [0.3, 0.4) is 0 Å². The first-order chi connectivity index (χ1) is 20.1. The van der Waals surface area contributed by atoms with Gasteiger partial charge in [-0.1, -0.05) is 6.07 Å². The molecule has 2 fully saturated rings. The van der Waals surface area contributed by atoms with E-state index in [-0.39, 0.29) is 11.4 Å². The van der Waals surface area contributed by atoms with Gasteiger partial charge in [0.05, 0.1) is 43.4 Å². The van der Waals surface area contributed by atoms with Gasteiger partial charge in [0.25, 0.3) is 0 Å². The minimum absolute atomic E-state index is 0.00149. The highest BCUT2D eigenvalue weighted by Gasteiger charge is 2.31. The summed E-state index contributed by atoms with van der Waals surface area (Å²) in [7, 11) is 3.60. The molecule has 0 amide bonds. The van der Waals surface area contributed by atoms with Crippen LogP contribution >= 0.6 is 0 Å². The second-order valence-corrected chi connectivity index (χ2v) is 10.8. The molecule has 1 aromatic heterocycles. The molecule has 9 nitrogen and oxygen atoms in total. The monoisotopic (exact) mass is 583 g/mol. The van der Waals surface area contributed by atoms with E-state index < -0.39 is 11.7 Å². The van der Waals surface area contributed by atoms with Gasteiger partial charge >= 0.3 is 6.18 Å². The molecule has 3 heterocycles. The number of hydrogen-bond donors (Lipinski definition) is 1. The maximum Gasteiger partial charge on any atom is 0.416 e. The molecule has 2 saturated heterocycles. The fraction of sp³-hybridized carbons (Fsp3) is 0.433. The molecule has 42 heavy (non-hydrogen) atoms. The summed E-state index contributed by atoms with van der Waals surface area (Å²) >= 11 is 0. The summed E-state index contributed by atoms with van der Waals surface area (Å²) in [6, 6.07) is 11.4. The van der Waals surface area contributed by atoms with Gasteiger partial charge in [0.15, 0.2) is 0 Å². The van der Waals surface area contributed by atoms with E-state index in [9.17, 15) is 13.2 Å². The summed E-state index contributed by atoms with van der Waals surface area (Å²) < 4.78 is 52.1. The predicted molar refractivity (Wildman–Crippen MR) is 157 cm³/mol. The fourth-order valence-electron chi connectivity index (χ4n) is 5.04. The number of ether oxygens (including phenoxy) is 2. The number of rotatable bonds is 7. The lowest BCUT2D eigenvalue weighted by molar-refractivity contribution is -0.137. The Kier molecular flexibility index (Phi) is 8.95. The van der Waals surface area contributed by atoms with Crippen molar-refractivity contribution in [1.29, 1.82) is 0 Å². The number of hydrogen-bond acceptors (Lipinski definition) is 8. The molecule has 2 aliphatic heterocycles. The summed E-state index contributed by atoms with van der Waals surface area (Å²) in [5.41, 5.74) is 9.33. The summed E-state index contributed by atoms with van der Waals surface area (Å²) in [5.74, 6) is 1.44. The molecule has 2 aliphatic rings. The van der Waals surface area contributed by atoms with Crippen molar-refractivity contribution in [2.45, 2.75) is 19.6 Å². The summed E-state index contributed by atoms with van der Waals surface area (Å²) in [5, 5.41) is 0. The predicted octanol–water partition coefficient (Wildman–Crippen LogP) is 4.24. The minimum atomic E-state index is -4.50. The first-order valence-electron chi connectivity index (χ1n) is 13.9. The molecule has 0 atom stereocenters. The van der Waals surface area contributed by atoms with Gasteiger partial charge < -0.3 is 29.9 Å². The number of amidine groups is 1. The molecule has 0 aliphatic carbocycles. The Morgan fingerprint density at radius 3 is 2.24 bits per heavy atom. The highest BCUT2D eigenvalue weighted by Crippen LogP contribution is 2.33. The molecule has 0 radical (unpaired) electrons. The largest absolute Gasteiger partial charge is 0.416 e. The van der Waals surface area contributed by atoms with Crippen molar-refractivity contribution in [3.8, 4) is 11.3 Å². The molecule has 0 unspecified atom stereocenters. The van der Waals surface area contributed by atoms with E-state index in [0.717, 1.165) is 47.9 Å². The van der Waals surface area contributed by atoms with Crippen LogP contribution in [0.1, 0.15) is 22.3 Å².